The maximum absolute atomic E-state index is 13.5. The van der Waals surface area contributed by atoms with E-state index in [1.807, 2.05) is 4.90 Å². The number of carbonyl (C=O) groups is 3. The number of amides is 4. The molecule has 10 heteroatoms. The second kappa shape index (κ2) is 8.52. The van der Waals surface area contributed by atoms with Crippen molar-refractivity contribution in [2.45, 2.75) is 25.3 Å². The predicted octanol–water partition coefficient (Wildman–Crippen LogP) is 1.83. The van der Waals surface area contributed by atoms with E-state index < -0.39 is 29.1 Å². The number of piperazine rings is 1. The first-order chi connectivity index (χ1) is 15.3. The summed E-state index contributed by atoms with van der Waals surface area (Å²) in [6, 6.07) is 7.90. The molecule has 0 aliphatic carbocycles. The molecule has 0 saturated carbocycles. The van der Waals surface area contributed by atoms with Gasteiger partial charge in [-0.3, -0.25) is 19.9 Å². The molecule has 2 aliphatic rings. The topological polar surface area (TPSA) is 94.6 Å². The fourth-order valence-electron chi connectivity index (χ4n) is 4.15. The minimum absolute atomic E-state index is 0.0257. The SMILES string of the molecule is Cc1cccc(C2(CCC(=O)N3CCN(c4cc(F)cc(F)c4)CC3)NC(=O)NC2=O)n1. The van der Waals surface area contributed by atoms with E-state index in [9.17, 15) is 23.2 Å². The number of aryl methyl sites for hydroxylation is 1. The van der Waals surface area contributed by atoms with Crippen molar-refractivity contribution in [1.29, 1.82) is 0 Å². The van der Waals surface area contributed by atoms with E-state index in [4.69, 9.17) is 0 Å². The summed E-state index contributed by atoms with van der Waals surface area (Å²) in [6.45, 7) is 3.39. The maximum atomic E-state index is 13.5. The number of pyridine rings is 1. The van der Waals surface area contributed by atoms with Crippen molar-refractivity contribution < 1.29 is 23.2 Å². The number of urea groups is 1. The van der Waals surface area contributed by atoms with E-state index in [0.29, 0.717) is 43.3 Å². The number of hydrogen-bond donors (Lipinski definition) is 2. The third-order valence-corrected chi connectivity index (χ3v) is 5.83. The number of nitrogens with zero attached hydrogens (tertiary/aromatic N) is 3. The Hall–Kier alpha value is -3.56. The number of aromatic nitrogens is 1. The van der Waals surface area contributed by atoms with E-state index in [0.717, 1.165) is 6.07 Å². The smallest absolute Gasteiger partial charge is 0.322 e. The largest absolute Gasteiger partial charge is 0.368 e. The molecule has 4 amide bonds. The van der Waals surface area contributed by atoms with Crippen molar-refractivity contribution in [3.8, 4) is 0 Å². The van der Waals surface area contributed by atoms with Crippen LogP contribution in [0.15, 0.2) is 36.4 Å². The molecule has 0 spiro atoms. The van der Waals surface area contributed by atoms with Gasteiger partial charge in [-0.25, -0.2) is 13.6 Å². The summed E-state index contributed by atoms with van der Waals surface area (Å²) in [7, 11) is 0. The van der Waals surface area contributed by atoms with Crippen LogP contribution >= 0.6 is 0 Å². The van der Waals surface area contributed by atoms with Gasteiger partial charge in [-0.2, -0.15) is 0 Å². The van der Waals surface area contributed by atoms with Gasteiger partial charge in [0.05, 0.1) is 5.69 Å². The van der Waals surface area contributed by atoms with E-state index in [-0.39, 0.29) is 18.7 Å². The number of rotatable bonds is 5. The zero-order chi connectivity index (χ0) is 22.9. The molecule has 2 N–H and O–H groups in total. The highest BCUT2D eigenvalue weighted by Gasteiger charge is 2.49. The number of benzene rings is 1. The number of hydrogen-bond acceptors (Lipinski definition) is 5. The fraction of sp³-hybridized carbons (Fsp3) is 0.364. The highest BCUT2D eigenvalue weighted by Crippen LogP contribution is 2.29. The number of nitrogens with one attached hydrogen (secondary N) is 2. The first kappa shape index (κ1) is 21.7. The van der Waals surface area contributed by atoms with Crippen LogP contribution in [0.25, 0.3) is 0 Å². The average molecular weight is 443 g/mol. The van der Waals surface area contributed by atoms with Crippen LogP contribution in [0.3, 0.4) is 0 Å². The molecular formula is C22H23F2N5O3. The Morgan fingerprint density at radius 2 is 1.78 bits per heavy atom. The van der Waals surface area contributed by atoms with Crippen LogP contribution in [0.1, 0.15) is 24.2 Å². The van der Waals surface area contributed by atoms with Crippen LogP contribution in [0.4, 0.5) is 19.3 Å². The first-order valence-electron chi connectivity index (χ1n) is 10.3. The van der Waals surface area contributed by atoms with E-state index in [1.165, 1.54) is 12.1 Å². The van der Waals surface area contributed by atoms with E-state index in [1.54, 1.807) is 30.0 Å². The van der Waals surface area contributed by atoms with E-state index in [2.05, 4.69) is 15.6 Å². The van der Waals surface area contributed by atoms with Crippen LogP contribution in [0.2, 0.25) is 0 Å². The monoisotopic (exact) mass is 443 g/mol. The molecule has 2 aliphatic heterocycles. The summed E-state index contributed by atoms with van der Waals surface area (Å²) in [5, 5.41) is 4.89. The first-order valence-corrected chi connectivity index (χ1v) is 10.3. The lowest BCUT2D eigenvalue weighted by atomic mass is 9.88. The zero-order valence-corrected chi connectivity index (χ0v) is 17.5. The average Bonchev–Trinajstić information content (AvgIpc) is 3.05. The predicted molar refractivity (Wildman–Crippen MR) is 112 cm³/mol. The summed E-state index contributed by atoms with van der Waals surface area (Å²) in [6.07, 6.45) is 0.0904. The summed E-state index contributed by atoms with van der Waals surface area (Å²) in [5.41, 5.74) is 0.0997. The second-order valence-corrected chi connectivity index (χ2v) is 7.97. The fourth-order valence-corrected chi connectivity index (χ4v) is 4.15. The van der Waals surface area contributed by atoms with Crippen LogP contribution in [0.5, 0.6) is 0 Å². The van der Waals surface area contributed by atoms with Gasteiger partial charge >= 0.3 is 6.03 Å². The van der Waals surface area contributed by atoms with Gasteiger partial charge in [0.15, 0.2) is 5.54 Å². The quantitative estimate of drug-likeness (QED) is 0.688. The standard InChI is InChI=1S/C22H23F2N5O3/c1-14-3-2-4-18(25-14)22(20(31)26-21(32)27-22)6-5-19(30)29-9-7-28(8-10-29)17-12-15(23)11-16(24)13-17/h2-4,11-13H,5-10H2,1H3,(H2,26,27,31,32). The molecule has 0 radical (unpaired) electrons. The molecular weight excluding hydrogens is 420 g/mol. The third kappa shape index (κ3) is 4.25. The van der Waals surface area contributed by atoms with Crippen molar-refractivity contribution in [3.63, 3.8) is 0 Å². The van der Waals surface area contributed by atoms with Crippen LogP contribution < -0.4 is 15.5 Å². The summed E-state index contributed by atoms with van der Waals surface area (Å²) < 4.78 is 27.0. The minimum Gasteiger partial charge on any atom is -0.368 e. The Bertz CT molecular complexity index is 1050. The molecule has 32 heavy (non-hydrogen) atoms. The van der Waals surface area contributed by atoms with Crippen molar-refractivity contribution in [1.82, 2.24) is 20.5 Å². The molecule has 0 bridgehead atoms. The van der Waals surface area contributed by atoms with Gasteiger partial charge in [-0.05, 0) is 37.6 Å². The Kier molecular flexibility index (Phi) is 5.77. The highest BCUT2D eigenvalue weighted by molar-refractivity contribution is 6.07. The van der Waals surface area contributed by atoms with Gasteiger partial charge in [0.1, 0.15) is 11.6 Å². The van der Waals surface area contributed by atoms with Crippen molar-refractivity contribution in [2.75, 3.05) is 31.1 Å². The molecule has 2 saturated heterocycles. The lowest BCUT2D eigenvalue weighted by molar-refractivity contribution is -0.132. The minimum atomic E-state index is -1.40. The second-order valence-electron chi connectivity index (χ2n) is 7.97. The van der Waals surface area contributed by atoms with Crippen LogP contribution in [-0.2, 0) is 15.1 Å². The van der Waals surface area contributed by atoms with Crippen molar-refractivity contribution >= 4 is 23.5 Å². The Morgan fingerprint density at radius 3 is 2.38 bits per heavy atom. The number of carbonyl (C=O) groups excluding carboxylic acids is 3. The maximum Gasteiger partial charge on any atom is 0.322 e. The van der Waals surface area contributed by atoms with Gasteiger partial charge < -0.3 is 15.1 Å². The summed E-state index contributed by atoms with van der Waals surface area (Å²) in [5.74, 6) is -2.00. The molecule has 1 aromatic heterocycles. The number of anilines is 1. The normalized spacial score (nSPS) is 20.8. The van der Waals surface area contributed by atoms with Gasteiger partial charge in [0.2, 0.25) is 5.91 Å². The molecule has 1 atom stereocenters. The van der Waals surface area contributed by atoms with Gasteiger partial charge in [-0.1, -0.05) is 6.07 Å². The zero-order valence-electron chi connectivity index (χ0n) is 17.5. The highest BCUT2D eigenvalue weighted by atomic mass is 19.1. The lowest BCUT2D eigenvalue weighted by Crippen LogP contribution is -2.50. The molecule has 2 fully saturated rings. The Morgan fingerprint density at radius 1 is 1.09 bits per heavy atom. The molecule has 8 nitrogen and oxygen atoms in total. The van der Waals surface area contributed by atoms with Crippen molar-refractivity contribution in [2.24, 2.45) is 0 Å². The molecule has 168 valence electrons. The molecule has 1 unspecified atom stereocenters. The van der Waals surface area contributed by atoms with Crippen LogP contribution in [0, 0.1) is 18.6 Å². The third-order valence-electron chi connectivity index (χ3n) is 5.83. The number of halogens is 2. The van der Waals surface area contributed by atoms with E-state index >= 15 is 0 Å². The molecule has 1 aromatic carbocycles. The Labute approximate surface area is 183 Å². The summed E-state index contributed by atoms with van der Waals surface area (Å²) >= 11 is 0. The Balaban J connectivity index is 1.41. The molecule has 2 aromatic rings. The molecule has 4 rings (SSSR count). The van der Waals surface area contributed by atoms with Gasteiger partial charge in [-0.15, -0.1) is 0 Å². The van der Waals surface area contributed by atoms with Gasteiger partial charge in [0.25, 0.3) is 5.91 Å². The lowest BCUT2D eigenvalue weighted by Gasteiger charge is -2.36. The van der Waals surface area contributed by atoms with Crippen molar-refractivity contribution in [3.05, 3.63) is 59.4 Å². The molecule has 3 heterocycles. The van der Waals surface area contributed by atoms with Gasteiger partial charge in [0, 0.05) is 50.0 Å². The summed E-state index contributed by atoms with van der Waals surface area (Å²) in [4.78, 5) is 45.2. The number of imide groups is 1. The van der Waals surface area contributed by atoms with Crippen LogP contribution in [-0.4, -0.2) is 53.9 Å².